The lowest BCUT2D eigenvalue weighted by molar-refractivity contribution is -0.166. The smallest absolute Gasteiger partial charge is 0.119 e. The molecule has 0 amide bonds. The van der Waals surface area contributed by atoms with Gasteiger partial charge in [-0.1, -0.05) is 25.1 Å². The summed E-state index contributed by atoms with van der Waals surface area (Å²) in [6, 6.07) is 9.90. The van der Waals surface area contributed by atoms with E-state index in [9.17, 15) is 0 Å². The minimum absolute atomic E-state index is 0.00413. The maximum Gasteiger partial charge on any atom is 0.119 e. The molecule has 2 nitrogen and oxygen atoms in total. The molecule has 0 saturated carbocycles. The molecule has 0 aliphatic carbocycles. The maximum atomic E-state index is 5.68. The van der Waals surface area contributed by atoms with Crippen molar-refractivity contribution in [3.8, 4) is 5.75 Å². The standard InChI is InChI=1S/C12H16O2/c1-2-12(8-9-14-12)10-13-11-6-4-3-5-7-11/h3-7H,2,8-10H2,1H3. The van der Waals surface area contributed by atoms with E-state index >= 15 is 0 Å². The molecule has 2 heteroatoms. The predicted molar refractivity (Wildman–Crippen MR) is 55.5 cm³/mol. The van der Waals surface area contributed by atoms with Crippen LogP contribution in [0.3, 0.4) is 0 Å². The molecule has 1 fully saturated rings. The third kappa shape index (κ3) is 1.90. The number of ether oxygens (including phenoxy) is 2. The molecule has 14 heavy (non-hydrogen) atoms. The van der Waals surface area contributed by atoms with Crippen molar-refractivity contribution in [3.63, 3.8) is 0 Å². The molecule has 0 N–H and O–H groups in total. The van der Waals surface area contributed by atoms with E-state index in [2.05, 4.69) is 6.92 Å². The van der Waals surface area contributed by atoms with Gasteiger partial charge in [-0.05, 0) is 18.6 Å². The van der Waals surface area contributed by atoms with E-state index in [-0.39, 0.29) is 5.60 Å². The van der Waals surface area contributed by atoms with Gasteiger partial charge in [-0.15, -0.1) is 0 Å². The summed E-state index contributed by atoms with van der Waals surface area (Å²) in [5.74, 6) is 0.927. The zero-order valence-electron chi connectivity index (χ0n) is 8.53. The van der Waals surface area contributed by atoms with Crippen LogP contribution in [0.25, 0.3) is 0 Å². The Bertz CT molecular complexity index is 272. The lowest BCUT2D eigenvalue weighted by Gasteiger charge is -2.40. The number of rotatable bonds is 4. The second-order valence-electron chi connectivity index (χ2n) is 3.74. The SMILES string of the molecule is CCC1(COc2ccccc2)CCO1. The monoisotopic (exact) mass is 192 g/mol. The number of benzene rings is 1. The van der Waals surface area contributed by atoms with E-state index < -0.39 is 0 Å². The van der Waals surface area contributed by atoms with Crippen LogP contribution in [0.1, 0.15) is 19.8 Å². The Morgan fingerprint density at radius 1 is 1.36 bits per heavy atom. The zero-order valence-corrected chi connectivity index (χ0v) is 8.53. The first-order valence-corrected chi connectivity index (χ1v) is 5.16. The fourth-order valence-electron chi connectivity index (χ4n) is 1.62. The molecule has 1 atom stereocenters. The van der Waals surface area contributed by atoms with Crippen LogP contribution < -0.4 is 4.74 Å². The summed E-state index contributed by atoms with van der Waals surface area (Å²) >= 11 is 0. The average molecular weight is 192 g/mol. The number of para-hydroxylation sites is 1. The van der Waals surface area contributed by atoms with Gasteiger partial charge in [0, 0.05) is 6.42 Å². The molecule has 1 saturated heterocycles. The van der Waals surface area contributed by atoms with Gasteiger partial charge in [0.05, 0.1) is 6.61 Å². The van der Waals surface area contributed by atoms with Crippen molar-refractivity contribution in [2.45, 2.75) is 25.4 Å². The van der Waals surface area contributed by atoms with E-state index in [1.807, 2.05) is 30.3 Å². The lowest BCUT2D eigenvalue weighted by atomic mass is 9.93. The quantitative estimate of drug-likeness (QED) is 0.730. The van der Waals surface area contributed by atoms with Crippen molar-refractivity contribution in [2.75, 3.05) is 13.2 Å². The largest absolute Gasteiger partial charge is 0.491 e. The fraction of sp³-hybridized carbons (Fsp3) is 0.500. The first-order valence-electron chi connectivity index (χ1n) is 5.16. The summed E-state index contributed by atoms with van der Waals surface area (Å²) < 4.78 is 11.2. The van der Waals surface area contributed by atoms with Gasteiger partial charge < -0.3 is 9.47 Å². The van der Waals surface area contributed by atoms with E-state index in [1.165, 1.54) is 0 Å². The van der Waals surface area contributed by atoms with E-state index in [4.69, 9.17) is 9.47 Å². The second kappa shape index (κ2) is 4.01. The highest BCUT2D eigenvalue weighted by atomic mass is 16.6. The Labute approximate surface area is 84.8 Å². The maximum absolute atomic E-state index is 5.68. The van der Waals surface area contributed by atoms with Crippen LogP contribution >= 0.6 is 0 Å². The third-order valence-electron chi connectivity index (χ3n) is 2.86. The Kier molecular flexibility index (Phi) is 2.73. The Morgan fingerprint density at radius 2 is 2.07 bits per heavy atom. The van der Waals surface area contributed by atoms with Gasteiger partial charge >= 0.3 is 0 Å². The van der Waals surface area contributed by atoms with Gasteiger partial charge in [-0.3, -0.25) is 0 Å². The first-order chi connectivity index (χ1) is 6.85. The molecule has 76 valence electrons. The summed E-state index contributed by atoms with van der Waals surface area (Å²) in [6.45, 7) is 3.70. The summed E-state index contributed by atoms with van der Waals surface area (Å²) in [7, 11) is 0. The molecular weight excluding hydrogens is 176 g/mol. The van der Waals surface area contributed by atoms with Crippen molar-refractivity contribution in [1.82, 2.24) is 0 Å². The van der Waals surface area contributed by atoms with Crippen molar-refractivity contribution in [2.24, 2.45) is 0 Å². The third-order valence-corrected chi connectivity index (χ3v) is 2.86. The zero-order chi connectivity index (χ0) is 9.86. The second-order valence-corrected chi connectivity index (χ2v) is 3.74. The van der Waals surface area contributed by atoms with Crippen LogP contribution in [0.4, 0.5) is 0 Å². The highest BCUT2D eigenvalue weighted by molar-refractivity contribution is 5.21. The van der Waals surface area contributed by atoms with Gasteiger partial charge in [0.25, 0.3) is 0 Å². The van der Waals surface area contributed by atoms with Crippen LogP contribution in [0.5, 0.6) is 5.75 Å². The average Bonchev–Trinajstić information content (AvgIpc) is 2.19. The van der Waals surface area contributed by atoms with Crippen LogP contribution in [0.2, 0.25) is 0 Å². The molecule has 1 unspecified atom stereocenters. The van der Waals surface area contributed by atoms with Crippen molar-refractivity contribution >= 4 is 0 Å². The van der Waals surface area contributed by atoms with Crippen molar-refractivity contribution < 1.29 is 9.47 Å². The van der Waals surface area contributed by atoms with Gasteiger partial charge in [0.2, 0.25) is 0 Å². The molecule has 0 spiro atoms. The molecule has 0 aromatic heterocycles. The van der Waals surface area contributed by atoms with Gasteiger partial charge in [0.1, 0.15) is 18.0 Å². The Balaban J connectivity index is 1.88. The summed E-state index contributed by atoms with van der Waals surface area (Å²) in [6.07, 6.45) is 2.15. The molecule has 1 heterocycles. The molecule has 0 bridgehead atoms. The van der Waals surface area contributed by atoms with E-state index in [1.54, 1.807) is 0 Å². The summed E-state index contributed by atoms with van der Waals surface area (Å²) in [5.41, 5.74) is -0.00413. The van der Waals surface area contributed by atoms with E-state index in [0.717, 1.165) is 25.2 Å². The van der Waals surface area contributed by atoms with Gasteiger partial charge in [-0.25, -0.2) is 0 Å². The number of hydrogen-bond acceptors (Lipinski definition) is 2. The fourth-order valence-corrected chi connectivity index (χ4v) is 1.62. The lowest BCUT2D eigenvalue weighted by Crippen LogP contribution is -2.48. The van der Waals surface area contributed by atoms with Crippen LogP contribution in [0, 0.1) is 0 Å². The predicted octanol–water partition coefficient (Wildman–Crippen LogP) is 2.63. The van der Waals surface area contributed by atoms with Crippen LogP contribution in [-0.4, -0.2) is 18.8 Å². The van der Waals surface area contributed by atoms with Gasteiger partial charge in [-0.2, -0.15) is 0 Å². The number of hydrogen-bond donors (Lipinski definition) is 0. The Morgan fingerprint density at radius 3 is 2.57 bits per heavy atom. The minimum atomic E-state index is -0.00413. The summed E-state index contributed by atoms with van der Waals surface area (Å²) in [5, 5.41) is 0. The molecule has 1 aliphatic rings. The molecule has 2 rings (SSSR count). The highest BCUT2D eigenvalue weighted by Crippen LogP contribution is 2.30. The minimum Gasteiger partial charge on any atom is -0.491 e. The normalized spacial score (nSPS) is 25.5. The van der Waals surface area contributed by atoms with Gasteiger partial charge in [0.15, 0.2) is 0 Å². The molecule has 0 radical (unpaired) electrons. The first kappa shape index (κ1) is 9.53. The van der Waals surface area contributed by atoms with Crippen molar-refractivity contribution in [3.05, 3.63) is 30.3 Å². The van der Waals surface area contributed by atoms with Crippen molar-refractivity contribution in [1.29, 1.82) is 0 Å². The highest BCUT2D eigenvalue weighted by Gasteiger charge is 2.37. The molecule has 1 aliphatic heterocycles. The topological polar surface area (TPSA) is 18.5 Å². The molecule has 1 aromatic rings. The molecule has 1 aromatic carbocycles. The van der Waals surface area contributed by atoms with Crippen LogP contribution in [-0.2, 0) is 4.74 Å². The Hall–Kier alpha value is -1.02. The summed E-state index contributed by atoms with van der Waals surface area (Å²) in [4.78, 5) is 0. The molecular formula is C12H16O2. The van der Waals surface area contributed by atoms with E-state index in [0.29, 0.717) is 6.61 Å². The van der Waals surface area contributed by atoms with Crippen LogP contribution in [0.15, 0.2) is 30.3 Å².